The zero-order chi connectivity index (χ0) is 20.1. The summed E-state index contributed by atoms with van der Waals surface area (Å²) in [6.07, 6.45) is 3.20. The molecule has 0 atom stereocenters. The van der Waals surface area contributed by atoms with Gasteiger partial charge in [0.1, 0.15) is 6.54 Å². The largest absolute Gasteiger partial charge is 0.465 e. The van der Waals surface area contributed by atoms with Crippen molar-refractivity contribution in [1.29, 1.82) is 0 Å². The second-order valence-electron chi connectivity index (χ2n) is 6.46. The van der Waals surface area contributed by atoms with Crippen molar-refractivity contribution in [3.63, 3.8) is 0 Å². The summed E-state index contributed by atoms with van der Waals surface area (Å²) in [5.41, 5.74) is 2.07. The molecule has 2 aromatic heterocycles. The van der Waals surface area contributed by atoms with E-state index in [1.165, 1.54) is 23.0 Å². The average molecular weight is 415 g/mol. The molecule has 0 saturated carbocycles. The first kappa shape index (κ1) is 20.2. The number of rotatable bonds is 6. The van der Waals surface area contributed by atoms with Gasteiger partial charge in [-0.2, -0.15) is 4.99 Å². The van der Waals surface area contributed by atoms with E-state index in [0.717, 1.165) is 15.1 Å². The van der Waals surface area contributed by atoms with Crippen molar-refractivity contribution in [2.45, 2.75) is 33.2 Å². The minimum Gasteiger partial charge on any atom is -0.465 e. The molecular weight excluding hydrogens is 392 g/mol. The molecule has 7 heteroatoms. The number of ether oxygens (including phenoxy) is 1. The van der Waals surface area contributed by atoms with E-state index in [1.807, 2.05) is 29.6 Å². The van der Waals surface area contributed by atoms with Crippen LogP contribution in [-0.2, 0) is 20.9 Å². The van der Waals surface area contributed by atoms with E-state index in [0.29, 0.717) is 17.3 Å². The van der Waals surface area contributed by atoms with Crippen molar-refractivity contribution in [2.24, 2.45) is 4.99 Å². The van der Waals surface area contributed by atoms with Crippen LogP contribution in [0.3, 0.4) is 0 Å². The van der Waals surface area contributed by atoms with Gasteiger partial charge in [-0.05, 0) is 48.1 Å². The molecule has 5 nitrogen and oxygen atoms in total. The Hall–Kier alpha value is -2.51. The normalized spacial score (nSPS) is 12.4. The van der Waals surface area contributed by atoms with E-state index in [2.05, 4.69) is 24.9 Å². The first-order valence-electron chi connectivity index (χ1n) is 9.07. The topological polar surface area (TPSA) is 60.7 Å². The number of benzene rings is 1. The van der Waals surface area contributed by atoms with Crippen LogP contribution in [0.5, 0.6) is 0 Å². The first-order valence-corrected chi connectivity index (χ1v) is 10.8. The molecule has 0 N–H and O–H groups in total. The molecule has 0 radical (unpaired) electrons. The Kier molecular flexibility index (Phi) is 6.59. The predicted molar refractivity (Wildman–Crippen MR) is 114 cm³/mol. The van der Waals surface area contributed by atoms with Crippen LogP contribution in [0.25, 0.3) is 16.3 Å². The minimum atomic E-state index is -0.360. The number of nitrogens with zero attached hydrogens (tertiary/aromatic N) is 2. The SMILES string of the molecule is CCOC(=O)Cn1c(=NC(=O)C=Cc2cccs2)sc2cc(C(C)C)ccc21. The van der Waals surface area contributed by atoms with Gasteiger partial charge in [-0.3, -0.25) is 9.59 Å². The molecule has 0 spiro atoms. The number of carbonyl (C=O) groups excluding carboxylic acids is 2. The zero-order valence-electron chi connectivity index (χ0n) is 16.0. The summed E-state index contributed by atoms with van der Waals surface area (Å²) in [6.45, 7) is 6.37. The number of fused-ring (bicyclic) bond motifs is 1. The number of hydrogen-bond acceptors (Lipinski definition) is 5. The van der Waals surface area contributed by atoms with E-state index in [4.69, 9.17) is 4.74 Å². The molecule has 2 heterocycles. The summed E-state index contributed by atoms with van der Waals surface area (Å²) in [7, 11) is 0. The number of aromatic nitrogens is 1. The molecule has 1 amide bonds. The lowest BCUT2D eigenvalue weighted by Crippen LogP contribution is -2.22. The molecule has 0 bridgehead atoms. The lowest BCUT2D eigenvalue weighted by molar-refractivity contribution is -0.143. The lowest BCUT2D eigenvalue weighted by atomic mass is 10.0. The van der Waals surface area contributed by atoms with E-state index in [-0.39, 0.29) is 18.4 Å². The van der Waals surface area contributed by atoms with Gasteiger partial charge in [0.25, 0.3) is 5.91 Å². The molecule has 0 unspecified atom stereocenters. The van der Waals surface area contributed by atoms with Crippen molar-refractivity contribution in [2.75, 3.05) is 6.61 Å². The average Bonchev–Trinajstić information content (AvgIpc) is 3.28. The third kappa shape index (κ3) is 4.85. The summed E-state index contributed by atoms with van der Waals surface area (Å²) in [5, 5.41) is 1.95. The lowest BCUT2D eigenvalue weighted by Gasteiger charge is -2.07. The van der Waals surface area contributed by atoms with Gasteiger partial charge in [0, 0.05) is 11.0 Å². The van der Waals surface area contributed by atoms with Gasteiger partial charge in [-0.25, -0.2) is 0 Å². The highest BCUT2D eigenvalue weighted by atomic mass is 32.1. The molecule has 28 heavy (non-hydrogen) atoms. The maximum Gasteiger partial charge on any atom is 0.326 e. The number of thiazole rings is 1. The van der Waals surface area contributed by atoms with Crippen LogP contribution in [0.2, 0.25) is 0 Å². The quantitative estimate of drug-likeness (QED) is 0.438. The van der Waals surface area contributed by atoms with Crippen LogP contribution < -0.4 is 4.80 Å². The molecule has 0 fully saturated rings. The van der Waals surface area contributed by atoms with Crippen molar-refractivity contribution >= 4 is 50.8 Å². The molecular formula is C21H22N2O3S2. The highest BCUT2D eigenvalue weighted by molar-refractivity contribution is 7.16. The Bertz CT molecular complexity index is 1070. The summed E-state index contributed by atoms with van der Waals surface area (Å²) in [5.74, 6) is -0.319. The fourth-order valence-corrected chi connectivity index (χ4v) is 4.40. The van der Waals surface area contributed by atoms with Gasteiger partial charge in [-0.15, -0.1) is 11.3 Å². The molecule has 3 aromatic rings. The smallest absolute Gasteiger partial charge is 0.326 e. The molecule has 3 rings (SSSR count). The predicted octanol–water partition coefficient (Wildman–Crippen LogP) is 4.59. The maximum atomic E-state index is 12.4. The van der Waals surface area contributed by atoms with Gasteiger partial charge >= 0.3 is 5.97 Å². The highest BCUT2D eigenvalue weighted by Gasteiger charge is 2.13. The molecule has 0 aliphatic rings. The minimum absolute atomic E-state index is 0.0234. The van der Waals surface area contributed by atoms with Gasteiger partial charge in [0.15, 0.2) is 4.80 Å². The zero-order valence-corrected chi connectivity index (χ0v) is 17.7. The number of hydrogen-bond donors (Lipinski definition) is 0. The Morgan fingerprint density at radius 2 is 2.11 bits per heavy atom. The van der Waals surface area contributed by atoms with E-state index < -0.39 is 0 Å². The summed E-state index contributed by atoms with van der Waals surface area (Å²) in [4.78, 5) is 30.1. The van der Waals surface area contributed by atoms with Crippen molar-refractivity contribution < 1.29 is 14.3 Å². The van der Waals surface area contributed by atoms with Gasteiger partial charge < -0.3 is 9.30 Å². The van der Waals surface area contributed by atoms with E-state index in [9.17, 15) is 9.59 Å². The van der Waals surface area contributed by atoms with Crippen LogP contribution in [0, 0.1) is 0 Å². The number of thiophene rings is 1. The van der Waals surface area contributed by atoms with Crippen molar-refractivity contribution in [3.8, 4) is 0 Å². The number of esters is 1. The molecule has 1 aromatic carbocycles. The summed E-state index contributed by atoms with van der Waals surface area (Å²) in [6, 6.07) is 9.98. The molecule has 0 aliphatic carbocycles. The standard InChI is InChI=1S/C21H22N2O3S2/c1-4-26-20(25)13-23-17-9-7-15(14(2)3)12-18(17)28-21(23)22-19(24)10-8-16-6-5-11-27-16/h5-12,14H,4,13H2,1-3H3. The highest BCUT2D eigenvalue weighted by Crippen LogP contribution is 2.23. The van der Waals surface area contributed by atoms with Gasteiger partial charge in [-0.1, -0.05) is 37.3 Å². The molecule has 0 saturated heterocycles. The van der Waals surface area contributed by atoms with Crippen molar-refractivity contribution in [1.82, 2.24) is 4.57 Å². The Balaban J connectivity index is 2.02. The Morgan fingerprint density at radius 3 is 2.79 bits per heavy atom. The van der Waals surface area contributed by atoms with Crippen LogP contribution >= 0.6 is 22.7 Å². The van der Waals surface area contributed by atoms with Crippen LogP contribution in [0.15, 0.2) is 46.8 Å². The molecule has 0 aliphatic heterocycles. The number of carbonyl (C=O) groups is 2. The van der Waals surface area contributed by atoms with Crippen molar-refractivity contribution in [3.05, 3.63) is 57.0 Å². The first-order chi connectivity index (χ1) is 13.5. The second-order valence-corrected chi connectivity index (χ2v) is 8.44. The number of amides is 1. The monoisotopic (exact) mass is 414 g/mol. The van der Waals surface area contributed by atoms with Crippen LogP contribution in [0.4, 0.5) is 0 Å². The van der Waals surface area contributed by atoms with E-state index >= 15 is 0 Å². The summed E-state index contributed by atoms with van der Waals surface area (Å²) >= 11 is 2.96. The fraction of sp³-hybridized carbons (Fsp3) is 0.286. The van der Waals surface area contributed by atoms with E-state index in [1.54, 1.807) is 28.9 Å². The Morgan fingerprint density at radius 1 is 1.29 bits per heavy atom. The third-order valence-corrected chi connectivity index (χ3v) is 5.98. The Labute approximate surface area is 171 Å². The van der Waals surface area contributed by atoms with Gasteiger partial charge in [0.2, 0.25) is 0 Å². The fourth-order valence-electron chi connectivity index (χ4n) is 2.69. The maximum absolute atomic E-state index is 12.4. The van der Waals surface area contributed by atoms with Crippen LogP contribution in [-0.4, -0.2) is 23.1 Å². The summed E-state index contributed by atoms with van der Waals surface area (Å²) < 4.78 is 7.83. The second kappa shape index (κ2) is 9.12. The van der Waals surface area contributed by atoms with Gasteiger partial charge in [0.05, 0.1) is 16.8 Å². The third-order valence-electron chi connectivity index (χ3n) is 4.11. The van der Waals surface area contributed by atoms with Crippen LogP contribution in [0.1, 0.15) is 37.1 Å². The molecule has 146 valence electrons.